The third kappa shape index (κ3) is 4.56. The van der Waals surface area contributed by atoms with Crippen molar-refractivity contribution in [3.63, 3.8) is 0 Å². The molecule has 2 aromatic carbocycles. The Hall–Kier alpha value is -3.87. The minimum atomic E-state index is -0.412. The van der Waals surface area contributed by atoms with Crippen LogP contribution >= 0.6 is 0 Å². The molecule has 6 nitrogen and oxygen atoms in total. The SMILES string of the molecule is CCOC(=O)c1cc2cc(-c3nccc(C(=O)CCc4ccc(F)c(C)c4)n3)ccc2[nH]1. The van der Waals surface area contributed by atoms with E-state index >= 15 is 0 Å². The molecular formula is C25H22FN3O3. The number of H-pyrrole nitrogens is 1. The van der Waals surface area contributed by atoms with E-state index in [1.807, 2.05) is 18.2 Å². The van der Waals surface area contributed by atoms with Gasteiger partial charge in [-0.3, -0.25) is 4.79 Å². The van der Waals surface area contributed by atoms with Gasteiger partial charge in [-0.1, -0.05) is 12.1 Å². The highest BCUT2D eigenvalue weighted by Crippen LogP contribution is 2.23. The quantitative estimate of drug-likeness (QED) is 0.326. The Bertz CT molecular complexity index is 1310. The van der Waals surface area contributed by atoms with Crippen molar-refractivity contribution in [1.82, 2.24) is 15.0 Å². The first-order chi connectivity index (χ1) is 15.4. The summed E-state index contributed by atoms with van der Waals surface area (Å²) in [7, 11) is 0. The van der Waals surface area contributed by atoms with Crippen LogP contribution < -0.4 is 0 Å². The number of carbonyl (C=O) groups excluding carboxylic acids is 2. The number of nitrogens with zero attached hydrogens (tertiary/aromatic N) is 2. The second kappa shape index (κ2) is 9.09. The van der Waals surface area contributed by atoms with Crippen LogP contribution in [0.3, 0.4) is 0 Å². The average Bonchev–Trinajstić information content (AvgIpc) is 3.23. The topological polar surface area (TPSA) is 84.9 Å². The number of Topliss-reactive ketones (excluding diaryl/α,β-unsaturated/α-hetero) is 1. The summed E-state index contributed by atoms with van der Waals surface area (Å²) in [6.07, 6.45) is 2.33. The third-order valence-electron chi connectivity index (χ3n) is 5.18. The number of hydrogen-bond donors (Lipinski definition) is 1. The number of aryl methyl sites for hydroxylation is 2. The fourth-order valence-corrected chi connectivity index (χ4v) is 3.49. The smallest absolute Gasteiger partial charge is 0.354 e. The molecule has 4 aromatic rings. The summed E-state index contributed by atoms with van der Waals surface area (Å²) in [4.78, 5) is 36.4. The van der Waals surface area contributed by atoms with E-state index in [4.69, 9.17) is 4.74 Å². The normalized spacial score (nSPS) is 11.0. The molecule has 0 atom stereocenters. The molecule has 0 aliphatic carbocycles. The number of halogens is 1. The number of carbonyl (C=O) groups is 2. The molecule has 7 heteroatoms. The van der Waals surface area contributed by atoms with Crippen molar-refractivity contribution < 1.29 is 18.7 Å². The van der Waals surface area contributed by atoms with E-state index < -0.39 is 5.97 Å². The first kappa shape index (κ1) is 21.4. The van der Waals surface area contributed by atoms with Crippen LogP contribution in [0.1, 0.15) is 45.4 Å². The van der Waals surface area contributed by atoms with Gasteiger partial charge in [0.25, 0.3) is 0 Å². The molecule has 0 saturated heterocycles. The van der Waals surface area contributed by atoms with Crippen LogP contribution in [0.15, 0.2) is 54.7 Å². The lowest BCUT2D eigenvalue weighted by molar-refractivity contribution is 0.0520. The van der Waals surface area contributed by atoms with E-state index in [2.05, 4.69) is 15.0 Å². The Morgan fingerprint density at radius 1 is 1.09 bits per heavy atom. The number of aromatic amines is 1. The molecule has 0 spiro atoms. The molecule has 0 amide bonds. The van der Waals surface area contributed by atoms with Crippen LogP contribution in [-0.2, 0) is 11.2 Å². The van der Waals surface area contributed by atoms with Gasteiger partial charge in [-0.2, -0.15) is 0 Å². The Morgan fingerprint density at radius 2 is 1.94 bits per heavy atom. The van der Waals surface area contributed by atoms with Gasteiger partial charge in [0.1, 0.15) is 17.2 Å². The molecule has 0 fully saturated rings. The summed E-state index contributed by atoms with van der Waals surface area (Å²) >= 11 is 0. The highest BCUT2D eigenvalue weighted by molar-refractivity contribution is 5.96. The summed E-state index contributed by atoms with van der Waals surface area (Å²) in [5, 5.41) is 0.817. The van der Waals surface area contributed by atoms with Crippen LogP contribution in [0.2, 0.25) is 0 Å². The van der Waals surface area contributed by atoms with Gasteiger partial charge in [0.2, 0.25) is 0 Å². The Balaban J connectivity index is 1.52. The highest BCUT2D eigenvalue weighted by atomic mass is 19.1. The lowest BCUT2D eigenvalue weighted by Gasteiger charge is -2.05. The van der Waals surface area contributed by atoms with Crippen molar-refractivity contribution in [1.29, 1.82) is 0 Å². The molecule has 2 heterocycles. The van der Waals surface area contributed by atoms with Gasteiger partial charge in [0, 0.05) is 29.1 Å². The van der Waals surface area contributed by atoms with Crippen LogP contribution in [0.5, 0.6) is 0 Å². The van der Waals surface area contributed by atoms with Gasteiger partial charge in [-0.15, -0.1) is 0 Å². The van der Waals surface area contributed by atoms with Gasteiger partial charge in [0.05, 0.1) is 6.61 Å². The van der Waals surface area contributed by atoms with E-state index in [0.29, 0.717) is 35.8 Å². The molecule has 0 radical (unpaired) electrons. The lowest BCUT2D eigenvalue weighted by Crippen LogP contribution is -2.05. The monoisotopic (exact) mass is 431 g/mol. The van der Waals surface area contributed by atoms with E-state index in [1.165, 1.54) is 6.07 Å². The first-order valence-electron chi connectivity index (χ1n) is 10.4. The van der Waals surface area contributed by atoms with E-state index in [-0.39, 0.29) is 18.0 Å². The molecule has 2 aromatic heterocycles. The van der Waals surface area contributed by atoms with E-state index in [9.17, 15) is 14.0 Å². The van der Waals surface area contributed by atoms with Crippen molar-refractivity contribution in [3.05, 3.63) is 83.1 Å². The molecule has 0 aliphatic rings. The maximum Gasteiger partial charge on any atom is 0.354 e. The predicted octanol–water partition coefficient (Wildman–Crippen LogP) is 5.06. The van der Waals surface area contributed by atoms with Crippen LogP contribution in [0, 0.1) is 12.7 Å². The van der Waals surface area contributed by atoms with Crippen molar-refractivity contribution in [2.45, 2.75) is 26.7 Å². The number of rotatable bonds is 7. The van der Waals surface area contributed by atoms with Gasteiger partial charge < -0.3 is 9.72 Å². The van der Waals surface area contributed by atoms with Gasteiger partial charge in [0.15, 0.2) is 11.6 Å². The predicted molar refractivity (Wildman–Crippen MR) is 119 cm³/mol. The molecular weight excluding hydrogens is 409 g/mol. The maximum absolute atomic E-state index is 13.4. The second-order valence-electron chi connectivity index (χ2n) is 7.48. The largest absolute Gasteiger partial charge is 0.461 e. The molecule has 0 saturated carbocycles. The minimum Gasteiger partial charge on any atom is -0.461 e. The number of esters is 1. The van der Waals surface area contributed by atoms with E-state index in [1.54, 1.807) is 44.3 Å². The number of ether oxygens (including phenoxy) is 1. The summed E-state index contributed by atoms with van der Waals surface area (Å²) in [5.74, 6) is -0.350. The molecule has 1 N–H and O–H groups in total. The van der Waals surface area contributed by atoms with Crippen molar-refractivity contribution >= 4 is 22.7 Å². The van der Waals surface area contributed by atoms with Crippen molar-refractivity contribution in [2.24, 2.45) is 0 Å². The fraction of sp³-hybridized carbons (Fsp3) is 0.200. The number of nitrogens with one attached hydrogen (secondary N) is 1. The minimum absolute atomic E-state index is 0.108. The Morgan fingerprint density at radius 3 is 2.72 bits per heavy atom. The summed E-state index contributed by atoms with van der Waals surface area (Å²) < 4.78 is 18.5. The number of hydrogen-bond acceptors (Lipinski definition) is 5. The first-order valence-corrected chi connectivity index (χ1v) is 10.4. The average molecular weight is 431 g/mol. The number of fused-ring (bicyclic) bond motifs is 1. The molecule has 0 bridgehead atoms. The fourth-order valence-electron chi connectivity index (χ4n) is 3.49. The lowest BCUT2D eigenvalue weighted by atomic mass is 10.0. The third-order valence-corrected chi connectivity index (χ3v) is 5.18. The highest BCUT2D eigenvalue weighted by Gasteiger charge is 2.14. The molecule has 32 heavy (non-hydrogen) atoms. The Kier molecular flexibility index (Phi) is 6.07. The standard InChI is InChI=1S/C25H22FN3O3/c1-3-32-25(31)22-14-18-13-17(6-8-20(18)28-22)24-27-11-10-21(29-24)23(30)9-5-16-4-7-19(26)15(2)12-16/h4,6-8,10-14,28H,3,5,9H2,1-2H3. The van der Waals surface area contributed by atoms with Gasteiger partial charge in [-0.25, -0.2) is 19.2 Å². The zero-order valence-electron chi connectivity index (χ0n) is 17.8. The number of benzene rings is 2. The summed E-state index contributed by atoms with van der Waals surface area (Å²) in [6, 6.07) is 13.7. The second-order valence-corrected chi connectivity index (χ2v) is 7.48. The van der Waals surface area contributed by atoms with Gasteiger partial charge in [-0.05, 0) is 67.8 Å². The van der Waals surface area contributed by atoms with Gasteiger partial charge >= 0.3 is 5.97 Å². The molecule has 0 aliphatic heterocycles. The maximum atomic E-state index is 13.4. The van der Waals surface area contributed by atoms with Crippen LogP contribution in [0.25, 0.3) is 22.3 Å². The van der Waals surface area contributed by atoms with Crippen molar-refractivity contribution in [3.8, 4) is 11.4 Å². The molecule has 4 rings (SSSR count). The van der Waals surface area contributed by atoms with Crippen molar-refractivity contribution in [2.75, 3.05) is 6.61 Å². The molecule has 0 unspecified atom stereocenters. The summed E-state index contributed by atoms with van der Waals surface area (Å²) in [6.45, 7) is 3.76. The number of ketones is 1. The molecule has 162 valence electrons. The Labute approximate surface area is 184 Å². The van der Waals surface area contributed by atoms with Crippen LogP contribution in [-0.4, -0.2) is 33.3 Å². The summed E-state index contributed by atoms with van der Waals surface area (Å²) in [5.41, 5.74) is 3.69. The van der Waals surface area contributed by atoms with E-state index in [0.717, 1.165) is 22.0 Å². The number of aromatic nitrogens is 3. The zero-order chi connectivity index (χ0) is 22.7. The zero-order valence-corrected chi connectivity index (χ0v) is 17.8. The van der Waals surface area contributed by atoms with Crippen LogP contribution in [0.4, 0.5) is 4.39 Å².